The zero-order chi connectivity index (χ0) is 14.7. The predicted octanol–water partition coefficient (Wildman–Crippen LogP) is 2.34. The number of nitrogens with zero attached hydrogens (tertiary/aromatic N) is 3. The summed E-state index contributed by atoms with van der Waals surface area (Å²) in [5.41, 5.74) is 2.32. The number of piperazine rings is 1. The van der Waals surface area contributed by atoms with Gasteiger partial charge < -0.3 is 9.80 Å². The van der Waals surface area contributed by atoms with E-state index in [0.29, 0.717) is 6.42 Å². The molecule has 0 saturated carbocycles. The number of benzene rings is 1. The highest BCUT2D eigenvalue weighted by molar-refractivity contribution is 7.13. The van der Waals surface area contributed by atoms with E-state index in [-0.39, 0.29) is 5.91 Å². The summed E-state index contributed by atoms with van der Waals surface area (Å²) in [6.07, 6.45) is 2.33. The topological polar surface area (TPSA) is 36.4 Å². The van der Waals surface area contributed by atoms with Crippen LogP contribution in [0.1, 0.15) is 11.1 Å². The normalized spacial score (nSPS) is 15.3. The molecule has 0 spiro atoms. The van der Waals surface area contributed by atoms with Gasteiger partial charge in [-0.25, -0.2) is 4.98 Å². The average molecular weight is 301 g/mol. The van der Waals surface area contributed by atoms with Gasteiger partial charge in [-0.15, -0.1) is 11.3 Å². The Morgan fingerprint density at radius 2 is 2.00 bits per heavy atom. The van der Waals surface area contributed by atoms with E-state index < -0.39 is 0 Å². The lowest BCUT2D eigenvalue weighted by Gasteiger charge is -2.34. The second-order valence-electron chi connectivity index (χ2n) is 5.29. The number of thiazole rings is 1. The van der Waals surface area contributed by atoms with E-state index in [2.05, 4.69) is 22.9 Å². The van der Waals surface area contributed by atoms with Crippen molar-refractivity contribution < 1.29 is 4.79 Å². The Balaban J connectivity index is 1.57. The maximum absolute atomic E-state index is 12.4. The van der Waals surface area contributed by atoms with Crippen molar-refractivity contribution in [1.29, 1.82) is 0 Å². The van der Waals surface area contributed by atoms with Gasteiger partial charge in [-0.3, -0.25) is 4.79 Å². The summed E-state index contributed by atoms with van der Waals surface area (Å²) in [5, 5.41) is 3.05. The van der Waals surface area contributed by atoms with E-state index >= 15 is 0 Å². The van der Waals surface area contributed by atoms with E-state index in [1.807, 2.05) is 34.7 Å². The number of hydrogen-bond acceptors (Lipinski definition) is 4. The summed E-state index contributed by atoms with van der Waals surface area (Å²) in [6, 6.07) is 8.11. The first kappa shape index (κ1) is 14.1. The van der Waals surface area contributed by atoms with Gasteiger partial charge in [-0.2, -0.15) is 0 Å². The summed E-state index contributed by atoms with van der Waals surface area (Å²) in [6.45, 7) is 5.36. The van der Waals surface area contributed by atoms with Crippen LogP contribution < -0.4 is 4.90 Å². The SMILES string of the molecule is Cc1ccccc1CC(=O)N1CCN(c2nccs2)CC1. The molecule has 110 valence electrons. The van der Waals surface area contributed by atoms with Crippen molar-refractivity contribution in [3.05, 3.63) is 47.0 Å². The fourth-order valence-corrected chi connectivity index (χ4v) is 3.30. The lowest BCUT2D eigenvalue weighted by Crippen LogP contribution is -2.49. The maximum atomic E-state index is 12.4. The van der Waals surface area contributed by atoms with Crippen molar-refractivity contribution in [1.82, 2.24) is 9.88 Å². The molecule has 21 heavy (non-hydrogen) atoms. The zero-order valence-corrected chi connectivity index (χ0v) is 13.0. The summed E-state index contributed by atoms with van der Waals surface area (Å²) >= 11 is 1.66. The first-order valence-corrected chi connectivity index (χ1v) is 8.09. The second-order valence-corrected chi connectivity index (χ2v) is 6.16. The molecule has 3 rings (SSSR count). The van der Waals surface area contributed by atoms with Gasteiger partial charge in [-0.05, 0) is 18.1 Å². The molecule has 1 aromatic carbocycles. The Morgan fingerprint density at radius 1 is 1.24 bits per heavy atom. The molecule has 1 fully saturated rings. The lowest BCUT2D eigenvalue weighted by molar-refractivity contribution is -0.130. The Hall–Kier alpha value is -1.88. The largest absolute Gasteiger partial charge is 0.345 e. The van der Waals surface area contributed by atoms with Crippen LogP contribution >= 0.6 is 11.3 Å². The van der Waals surface area contributed by atoms with Crippen LogP contribution in [0.25, 0.3) is 0 Å². The van der Waals surface area contributed by atoms with Crippen molar-refractivity contribution >= 4 is 22.4 Å². The zero-order valence-electron chi connectivity index (χ0n) is 12.2. The van der Waals surface area contributed by atoms with Crippen molar-refractivity contribution in [3.63, 3.8) is 0 Å². The number of aryl methyl sites for hydroxylation is 1. The number of carbonyl (C=O) groups is 1. The Kier molecular flexibility index (Phi) is 4.20. The molecule has 0 radical (unpaired) electrons. The third-order valence-corrected chi connectivity index (χ3v) is 4.76. The van der Waals surface area contributed by atoms with Crippen LogP contribution in [0, 0.1) is 6.92 Å². The van der Waals surface area contributed by atoms with Crippen LogP contribution in [0.5, 0.6) is 0 Å². The Morgan fingerprint density at radius 3 is 2.67 bits per heavy atom. The van der Waals surface area contributed by atoms with Gasteiger partial charge in [-0.1, -0.05) is 24.3 Å². The summed E-state index contributed by atoms with van der Waals surface area (Å²) in [7, 11) is 0. The Labute approximate surface area is 129 Å². The van der Waals surface area contributed by atoms with Gasteiger partial charge in [0.15, 0.2) is 5.13 Å². The summed E-state index contributed by atoms with van der Waals surface area (Å²) in [4.78, 5) is 21.0. The minimum Gasteiger partial charge on any atom is -0.345 e. The lowest BCUT2D eigenvalue weighted by atomic mass is 10.1. The average Bonchev–Trinajstić information content (AvgIpc) is 3.04. The van der Waals surface area contributed by atoms with E-state index in [4.69, 9.17) is 0 Å². The molecule has 1 aliphatic heterocycles. The molecule has 0 unspecified atom stereocenters. The predicted molar refractivity (Wildman–Crippen MR) is 85.8 cm³/mol. The van der Waals surface area contributed by atoms with Gasteiger partial charge >= 0.3 is 0 Å². The van der Waals surface area contributed by atoms with Crippen LogP contribution in [-0.4, -0.2) is 42.0 Å². The van der Waals surface area contributed by atoms with Gasteiger partial charge in [0, 0.05) is 37.8 Å². The third kappa shape index (κ3) is 3.24. The van der Waals surface area contributed by atoms with Gasteiger partial charge in [0.05, 0.1) is 6.42 Å². The molecule has 2 heterocycles. The first-order chi connectivity index (χ1) is 10.2. The highest BCUT2D eigenvalue weighted by Gasteiger charge is 2.22. The molecule has 0 N–H and O–H groups in total. The van der Waals surface area contributed by atoms with Crippen molar-refractivity contribution in [2.45, 2.75) is 13.3 Å². The molecule has 0 bridgehead atoms. The van der Waals surface area contributed by atoms with E-state index in [1.54, 1.807) is 11.3 Å². The van der Waals surface area contributed by atoms with Crippen LogP contribution in [0.2, 0.25) is 0 Å². The maximum Gasteiger partial charge on any atom is 0.227 e. The smallest absolute Gasteiger partial charge is 0.227 e. The van der Waals surface area contributed by atoms with Crippen LogP contribution in [-0.2, 0) is 11.2 Å². The van der Waals surface area contributed by atoms with E-state index in [9.17, 15) is 4.79 Å². The van der Waals surface area contributed by atoms with Crippen LogP contribution in [0.3, 0.4) is 0 Å². The number of rotatable bonds is 3. The molecular formula is C16H19N3OS. The Bertz CT molecular complexity index is 604. The van der Waals surface area contributed by atoms with Crippen LogP contribution in [0.4, 0.5) is 5.13 Å². The molecule has 0 atom stereocenters. The highest BCUT2D eigenvalue weighted by atomic mass is 32.1. The van der Waals surface area contributed by atoms with Gasteiger partial charge in [0.1, 0.15) is 0 Å². The number of amides is 1. The fraction of sp³-hybridized carbons (Fsp3) is 0.375. The standard InChI is InChI=1S/C16H19N3OS/c1-13-4-2-3-5-14(13)12-15(20)18-7-9-19(10-8-18)16-17-6-11-21-16/h2-6,11H,7-10,12H2,1H3. The monoisotopic (exact) mass is 301 g/mol. The van der Waals surface area contributed by atoms with Crippen LogP contribution in [0.15, 0.2) is 35.8 Å². The molecule has 1 aliphatic rings. The molecule has 4 nitrogen and oxygen atoms in total. The minimum atomic E-state index is 0.225. The molecule has 1 aromatic heterocycles. The summed E-state index contributed by atoms with van der Waals surface area (Å²) in [5.74, 6) is 0.225. The van der Waals surface area contributed by atoms with Gasteiger partial charge in [0.2, 0.25) is 5.91 Å². The molecular weight excluding hydrogens is 282 g/mol. The number of hydrogen-bond donors (Lipinski definition) is 0. The van der Waals surface area contributed by atoms with Crippen molar-refractivity contribution in [2.75, 3.05) is 31.1 Å². The van der Waals surface area contributed by atoms with Crippen molar-refractivity contribution in [3.8, 4) is 0 Å². The molecule has 0 aliphatic carbocycles. The number of carbonyl (C=O) groups excluding carboxylic acids is 1. The molecule has 1 saturated heterocycles. The second kappa shape index (κ2) is 6.26. The van der Waals surface area contributed by atoms with Crippen molar-refractivity contribution in [2.24, 2.45) is 0 Å². The van der Waals surface area contributed by atoms with E-state index in [0.717, 1.165) is 36.9 Å². The fourth-order valence-electron chi connectivity index (χ4n) is 2.60. The first-order valence-electron chi connectivity index (χ1n) is 7.21. The highest BCUT2D eigenvalue weighted by Crippen LogP contribution is 2.19. The number of anilines is 1. The molecule has 1 amide bonds. The minimum absolute atomic E-state index is 0.225. The summed E-state index contributed by atoms with van der Waals surface area (Å²) < 4.78 is 0. The quantitative estimate of drug-likeness (QED) is 0.873. The van der Waals surface area contributed by atoms with E-state index in [1.165, 1.54) is 5.56 Å². The third-order valence-electron chi connectivity index (χ3n) is 3.93. The number of aromatic nitrogens is 1. The molecule has 2 aromatic rings. The van der Waals surface area contributed by atoms with Gasteiger partial charge in [0.25, 0.3) is 0 Å². The molecule has 5 heteroatoms.